The van der Waals surface area contributed by atoms with Gasteiger partial charge in [0.05, 0.1) is 35.8 Å². The van der Waals surface area contributed by atoms with Crippen molar-refractivity contribution in [2.75, 3.05) is 59.2 Å². The molecule has 12 heteroatoms. The fourth-order valence-corrected chi connectivity index (χ4v) is 7.03. The molecule has 0 bridgehead atoms. The van der Waals surface area contributed by atoms with Crippen LogP contribution in [0.4, 0.5) is 31.5 Å². The number of piperidine rings is 2. The third kappa shape index (κ3) is 5.88. The number of nitrogens with zero attached hydrogens (tertiary/aromatic N) is 2. The van der Waals surface area contributed by atoms with E-state index in [2.05, 4.69) is 14.9 Å². The lowest BCUT2D eigenvalue weighted by Crippen LogP contribution is -2.39. The molecule has 1 saturated carbocycles. The van der Waals surface area contributed by atoms with Crippen LogP contribution in [0.5, 0.6) is 5.75 Å². The van der Waals surface area contributed by atoms with E-state index >= 15 is 0 Å². The van der Waals surface area contributed by atoms with Crippen molar-refractivity contribution >= 4 is 38.7 Å². The minimum atomic E-state index is -3.81. The maximum atomic E-state index is 13.9. The number of amides is 1. The van der Waals surface area contributed by atoms with Crippen molar-refractivity contribution < 1.29 is 31.8 Å². The van der Waals surface area contributed by atoms with Crippen molar-refractivity contribution in [3.63, 3.8) is 0 Å². The van der Waals surface area contributed by atoms with E-state index in [1.807, 2.05) is 11.0 Å². The van der Waals surface area contributed by atoms with Crippen LogP contribution in [0.1, 0.15) is 61.4 Å². The van der Waals surface area contributed by atoms with Crippen LogP contribution in [-0.4, -0.2) is 70.0 Å². The van der Waals surface area contributed by atoms with Crippen molar-refractivity contribution in [3.8, 4) is 5.75 Å². The Kier molecular flexibility index (Phi) is 7.49. The molecule has 3 N–H and O–H groups in total. The number of carbonyl (C=O) groups excluding carboxylic acids is 1. The van der Waals surface area contributed by atoms with E-state index in [1.165, 1.54) is 19.8 Å². The minimum absolute atomic E-state index is 0.201. The van der Waals surface area contributed by atoms with E-state index < -0.39 is 27.8 Å². The van der Waals surface area contributed by atoms with Gasteiger partial charge in [-0.25, -0.2) is 17.2 Å². The number of benzene rings is 2. The Morgan fingerprint density at radius 2 is 1.62 bits per heavy atom. The van der Waals surface area contributed by atoms with Gasteiger partial charge in [-0.2, -0.15) is 0 Å². The van der Waals surface area contributed by atoms with Gasteiger partial charge in [0, 0.05) is 56.7 Å². The normalized spacial score (nSPS) is 21.4. The molecule has 2 aromatic rings. The first-order chi connectivity index (χ1) is 20.0. The van der Waals surface area contributed by atoms with Gasteiger partial charge in [-0.15, -0.1) is 0 Å². The summed E-state index contributed by atoms with van der Waals surface area (Å²) in [6.45, 7) is 3.35. The zero-order valence-corrected chi connectivity index (χ0v) is 24.6. The third-order valence-electron chi connectivity index (χ3n) is 9.27. The monoisotopic (exact) mass is 604 g/mol. The minimum Gasteiger partial charge on any atom is -0.491 e. The average molecular weight is 605 g/mol. The van der Waals surface area contributed by atoms with E-state index in [0.29, 0.717) is 52.5 Å². The molecular weight excluding hydrogens is 566 g/mol. The number of ether oxygens (including phenoxy) is 1. The van der Waals surface area contributed by atoms with E-state index in [-0.39, 0.29) is 31.8 Å². The fourth-order valence-electron chi connectivity index (χ4n) is 6.18. The molecule has 3 fully saturated rings. The standard InChI is InChI=1S/C30H38F2N4O5S/c1-20(19-37)42(39,40)34-22-2-3-24(25(17-22)35-11-7-29(5-6-29)8-12-35)28(38)33-23-16-21-4-15-41-27(21)26(18-23)36-13-9-30(31,32)10-14-36/h2-3,16-18,20,34,37H,4-15,19H2,1H3,(H,33,38)/t20-/m1/s1. The van der Waals surface area contributed by atoms with E-state index in [4.69, 9.17) is 4.74 Å². The van der Waals surface area contributed by atoms with Crippen molar-refractivity contribution in [1.29, 1.82) is 0 Å². The summed E-state index contributed by atoms with van der Waals surface area (Å²) in [5, 5.41) is 11.4. The molecule has 1 atom stereocenters. The SMILES string of the molecule is C[C@H](CO)S(=O)(=O)Nc1ccc(C(=O)Nc2cc3c(c(N4CCC(F)(F)CC4)c2)OCC3)c(N2CCC3(CC2)CC3)c1. The number of sulfonamides is 1. The predicted molar refractivity (Wildman–Crippen MR) is 159 cm³/mol. The Balaban J connectivity index is 1.28. The van der Waals surface area contributed by atoms with Gasteiger partial charge in [0.15, 0.2) is 0 Å². The van der Waals surface area contributed by atoms with Gasteiger partial charge >= 0.3 is 0 Å². The van der Waals surface area contributed by atoms with Crippen LogP contribution < -0.4 is 24.6 Å². The van der Waals surface area contributed by atoms with Crippen LogP contribution in [-0.2, 0) is 16.4 Å². The second-order valence-electron chi connectivity index (χ2n) is 12.2. The summed E-state index contributed by atoms with van der Waals surface area (Å²) in [6, 6.07) is 8.54. The summed E-state index contributed by atoms with van der Waals surface area (Å²) >= 11 is 0. The quantitative estimate of drug-likeness (QED) is 0.404. The predicted octanol–water partition coefficient (Wildman–Crippen LogP) is 4.61. The maximum Gasteiger partial charge on any atom is 0.257 e. The molecule has 0 unspecified atom stereocenters. The molecule has 3 aliphatic heterocycles. The Morgan fingerprint density at radius 3 is 2.29 bits per heavy atom. The van der Waals surface area contributed by atoms with Crippen molar-refractivity contribution in [2.45, 2.75) is 63.0 Å². The molecule has 0 aromatic heterocycles. The van der Waals surface area contributed by atoms with Gasteiger partial charge in [-0.1, -0.05) is 0 Å². The molecule has 228 valence electrons. The van der Waals surface area contributed by atoms with E-state index in [1.54, 1.807) is 24.3 Å². The van der Waals surface area contributed by atoms with Gasteiger partial charge in [0.25, 0.3) is 11.8 Å². The molecule has 1 aliphatic carbocycles. The number of carbonyl (C=O) groups is 1. The third-order valence-corrected chi connectivity index (χ3v) is 11.0. The summed E-state index contributed by atoms with van der Waals surface area (Å²) in [5.41, 5.74) is 3.99. The lowest BCUT2D eigenvalue weighted by molar-refractivity contribution is -0.0221. The summed E-state index contributed by atoms with van der Waals surface area (Å²) in [7, 11) is -3.81. The number of nitrogens with one attached hydrogen (secondary N) is 2. The number of alkyl halides is 2. The number of aliphatic hydroxyl groups is 1. The first-order valence-electron chi connectivity index (χ1n) is 14.7. The maximum absolute atomic E-state index is 13.9. The van der Waals surface area contributed by atoms with Crippen LogP contribution >= 0.6 is 0 Å². The number of hydrogen-bond donors (Lipinski definition) is 3. The van der Waals surface area contributed by atoms with Gasteiger partial charge in [0.1, 0.15) is 11.0 Å². The molecule has 6 rings (SSSR count). The zero-order chi connectivity index (χ0) is 29.7. The molecule has 2 aromatic carbocycles. The summed E-state index contributed by atoms with van der Waals surface area (Å²) < 4.78 is 61.4. The second kappa shape index (κ2) is 10.9. The molecule has 1 amide bonds. The molecule has 3 heterocycles. The molecular formula is C30H38F2N4O5S. The molecule has 4 aliphatic rings. The number of fused-ring (bicyclic) bond motifs is 1. The first kappa shape index (κ1) is 29.0. The largest absolute Gasteiger partial charge is 0.491 e. The van der Waals surface area contributed by atoms with Crippen LogP contribution in [0.3, 0.4) is 0 Å². The summed E-state index contributed by atoms with van der Waals surface area (Å²) in [6.07, 6.45) is 4.71. The van der Waals surface area contributed by atoms with Crippen LogP contribution in [0.15, 0.2) is 30.3 Å². The van der Waals surface area contributed by atoms with Crippen LogP contribution in [0, 0.1) is 5.41 Å². The van der Waals surface area contributed by atoms with Crippen molar-refractivity contribution in [3.05, 3.63) is 41.5 Å². The van der Waals surface area contributed by atoms with Gasteiger partial charge in [-0.3, -0.25) is 9.52 Å². The smallest absolute Gasteiger partial charge is 0.257 e. The number of halogens is 2. The topological polar surface area (TPSA) is 111 Å². The Bertz CT molecular complexity index is 1460. The Morgan fingerprint density at radius 1 is 0.976 bits per heavy atom. The number of rotatable bonds is 8. The van der Waals surface area contributed by atoms with Crippen molar-refractivity contribution in [2.24, 2.45) is 5.41 Å². The number of anilines is 4. The Labute approximate surface area is 245 Å². The Hall–Kier alpha value is -3.12. The van der Waals surface area contributed by atoms with Crippen LogP contribution in [0.2, 0.25) is 0 Å². The van der Waals surface area contributed by atoms with Gasteiger partial charge in [-0.05, 0) is 68.4 Å². The highest BCUT2D eigenvalue weighted by atomic mass is 32.2. The highest BCUT2D eigenvalue weighted by Crippen LogP contribution is 2.54. The molecule has 2 saturated heterocycles. The van der Waals surface area contributed by atoms with E-state index in [0.717, 1.165) is 31.5 Å². The van der Waals surface area contributed by atoms with Gasteiger partial charge < -0.3 is 25.0 Å². The highest BCUT2D eigenvalue weighted by Gasteiger charge is 2.44. The van der Waals surface area contributed by atoms with Crippen LogP contribution in [0.25, 0.3) is 0 Å². The van der Waals surface area contributed by atoms with Gasteiger partial charge in [0.2, 0.25) is 10.0 Å². The molecule has 9 nitrogen and oxygen atoms in total. The highest BCUT2D eigenvalue weighted by molar-refractivity contribution is 7.93. The number of aliphatic hydroxyl groups excluding tert-OH is 1. The summed E-state index contributed by atoms with van der Waals surface area (Å²) in [5.74, 6) is -2.33. The lowest BCUT2D eigenvalue weighted by Gasteiger charge is -2.35. The molecule has 42 heavy (non-hydrogen) atoms. The van der Waals surface area contributed by atoms with Crippen molar-refractivity contribution in [1.82, 2.24) is 0 Å². The zero-order valence-electron chi connectivity index (χ0n) is 23.8. The lowest BCUT2D eigenvalue weighted by atomic mass is 9.93. The second-order valence-corrected chi connectivity index (χ2v) is 14.3. The van der Waals surface area contributed by atoms with E-state index in [9.17, 15) is 27.1 Å². The first-order valence-corrected chi connectivity index (χ1v) is 16.3. The molecule has 1 spiro atoms. The molecule has 0 radical (unpaired) electrons. The number of hydrogen-bond acceptors (Lipinski definition) is 7. The summed E-state index contributed by atoms with van der Waals surface area (Å²) in [4.78, 5) is 17.8. The average Bonchev–Trinajstić information content (AvgIpc) is 3.53. The fraction of sp³-hybridized carbons (Fsp3) is 0.567.